The van der Waals surface area contributed by atoms with E-state index in [1.165, 1.54) is 29.7 Å². The smallest absolute Gasteiger partial charge is 0.389 e. The van der Waals surface area contributed by atoms with Crippen LogP contribution < -0.4 is 11.1 Å². The maximum absolute atomic E-state index is 13.8. The molecule has 29 heavy (non-hydrogen) atoms. The lowest BCUT2D eigenvalue weighted by Crippen LogP contribution is -2.33. The minimum Gasteiger partial charge on any atom is -0.389 e. The number of amides is 1. The molecular weight excluding hydrogens is 412 g/mol. The molecule has 1 amide bonds. The van der Waals surface area contributed by atoms with Crippen molar-refractivity contribution in [3.63, 3.8) is 0 Å². The number of aromatic nitrogens is 2. The van der Waals surface area contributed by atoms with Gasteiger partial charge in [-0.2, -0.15) is 13.2 Å². The van der Waals surface area contributed by atoms with Crippen molar-refractivity contribution in [2.24, 2.45) is 5.73 Å². The number of nitrogens with two attached hydrogens (primary N) is 1. The first kappa shape index (κ1) is 21.0. The van der Waals surface area contributed by atoms with Crippen LogP contribution in [0.1, 0.15) is 32.0 Å². The van der Waals surface area contributed by atoms with E-state index < -0.39 is 29.5 Å². The Morgan fingerprint density at radius 3 is 2.66 bits per heavy atom. The summed E-state index contributed by atoms with van der Waals surface area (Å²) in [5, 5.41) is 12.3. The van der Waals surface area contributed by atoms with Crippen LogP contribution in [-0.4, -0.2) is 27.5 Å². The van der Waals surface area contributed by atoms with Crippen LogP contribution in [-0.2, 0) is 12.8 Å². The molecule has 11 heteroatoms. The zero-order valence-electron chi connectivity index (χ0n) is 14.8. The lowest BCUT2D eigenvalue weighted by molar-refractivity contribution is -0.139. The van der Waals surface area contributed by atoms with Crippen molar-refractivity contribution < 1.29 is 27.5 Å². The second-order valence-corrected chi connectivity index (χ2v) is 7.20. The number of aliphatic hydroxyl groups is 1. The third-order valence-corrected chi connectivity index (χ3v) is 5.20. The lowest BCUT2D eigenvalue weighted by Gasteiger charge is -2.14. The van der Waals surface area contributed by atoms with E-state index in [1.54, 1.807) is 0 Å². The molecule has 3 rings (SSSR count). The molecule has 0 saturated carbocycles. The summed E-state index contributed by atoms with van der Waals surface area (Å²) in [6.07, 6.45) is -3.27. The second kappa shape index (κ2) is 8.31. The van der Waals surface area contributed by atoms with Gasteiger partial charge in [-0.1, -0.05) is 6.07 Å². The average molecular weight is 428 g/mol. The number of H-pyrrole nitrogens is 1. The van der Waals surface area contributed by atoms with Crippen molar-refractivity contribution in [1.29, 1.82) is 0 Å². The van der Waals surface area contributed by atoms with E-state index in [-0.39, 0.29) is 30.1 Å². The molecular formula is C18H16F4N4O2S. The molecule has 1 aromatic carbocycles. The first-order chi connectivity index (χ1) is 13.7. The van der Waals surface area contributed by atoms with Gasteiger partial charge >= 0.3 is 6.18 Å². The van der Waals surface area contributed by atoms with Gasteiger partial charge in [0.25, 0.3) is 5.91 Å². The maximum atomic E-state index is 13.8. The Labute approximate surface area is 166 Å². The molecule has 0 aliphatic rings. The predicted molar refractivity (Wildman–Crippen MR) is 98.5 cm³/mol. The van der Waals surface area contributed by atoms with Gasteiger partial charge in [-0.25, -0.2) is 9.37 Å². The van der Waals surface area contributed by atoms with Crippen molar-refractivity contribution in [3.05, 3.63) is 63.5 Å². The summed E-state index contributed by atoms with van der Waals surface area (Å²) in [5.74, 6) is -1.90. The van der Waals surface area contributed by atoms with Crippen LogP contribution in [0, 0.1) is 5.82 Å². The standard InChI is InChI=1S/C18H16F4N4O2S/c19-11-5-9(1-2-10(11)18(20,21)22)12-3-4-13(25-12)17(28)26-14(6-23)15-7-24-16(8-27)29-15/h1-5,7,14,25,27H,6,8,23H2,(H,26,28)/t14-/m0/s1. The Morgan fingerprint density at radius 2 is 2.07 bits per heavy atom. The predicted octanol–water partition coefficient (Wildman–Crippen LogP) is 3.22. The fourth-order valence-corrected chi connectivity index (χ4v) is 3.49. The van der Waals surface area contributed by atoms with Crippen molar-refractivity contribution in [2.45, 2.75) is 18.8 Å². The van der Waals surface area contributed by atoms with Gasteiger partial charge in [-0.05, 0) is 24.3 Å². The normalized spacial score (nSPS) is 12.8. The van der Waals surface area contributed by atoms with Crippen molar-refractivity contribution in [3.8, 4) is 11.3 Å². The number of benzene rings is 1. The lowest BCUT2D eigenvalue weighted by atomic mass is 10.1. The van der Waals surface area contributed by atoms with Crippen LogP contribution in [0.25, 0.3) is 11.3 Å². The number of halogens is 4. The molecule has 0 bridgehead atoms. The van der Waals surface area contributed by atoms with Crippen LogP contribution in [0.2, 0.25) is 0 Å². The zero-order valence-corrected chi connectivity index (χ0v) is 15.6. The molecule has 0 aliphatic carbocycles. The molecule has 2 heterocycles. The molecule has 3 aromatic rings. The Morgan fingerprint density at radius 1 is 1.31 bits per heavy atom. The van der Waals surface area contributed by atoms with Crippen LogP contribution >= 0.6 is 11.3 Å². The Bertz CT molecular complexity index is 1020. The van der Waals surface area contributed by atoms with Crippen LogP contribution in [0.3, 0.4) is 0 Å². The van der Waals surface area contributed by atoms with Crippen LogP contribution in [0.4, 0.5) is 17.6 Å². The van der Waals surface area contributed by atoms with Gasteiger partial charge in [-0.3, -0.25) is 4.79 Å². The van der Waals surface area contributed by atoms with Crippen LogP contribution in [0.5, 0.6) is 0 Å². The van der Waals surface area contributed by atoms with E-state index in [2.05, 4.69) is 15.3 Å². The number of rotatable bonds is 6. The van der Waals surface area contributed by atoms with Gasteiger partial charge in [-0.15, -0.1) is 11.3 Å². The summed E-state index contributed by atoms with van der Waals surface area (Å²) in [5.41, 5.74) is 4.93. The highest BCUT2D eigenvalue weighted by Gasteiger charge is 2.34. The van der Waals surface area contributed by atoms with E-state index in [4.69, 9.17) is 10.8 Å². The topological polar surface area (TPSA) is 104 Å². The number of nitrogens with one attached hydrogen (secondary N) is 2. The van der Waals surface area contributed by atoms with E-state index in [0.29, 0.717) is 16.0 Å². The van der Waals surface area contributed by atoms with Gasteiger partial charge in [0, 0.05) is 28.9 Å². The van der Waals surface area contributed by atoms with Crippen molar-refractivity contribution in [2.75, 3.05) is 6.54 Å². The van der Waals surface area contributed by atoms with Gasteiger partial charge in [0.15, 0.2) is 0 Å². The Hall–Kier alpha value is -2.76. The van der Waals surface area contributed by atoms with Crippen molar-refractivity contribution in [1.82, 2.24) is 15.3 Å². The van der Waals surface area contributed by atoms with Gasteiger partial charge in [0.2, 0.25) is 0 Å². The molecule has 0 spiro atoms. The first-order valence-corrected chi connectivity index (χ1v) is 9.17. The summed E-state index contributed by atoms with van der Waals surface area (Å²) in [6.45, 7) is -0.129. The zero-order chi connectivity index (χ0) is 21.2. The minimum atomic E-state index is -4.78. The fraction of sp³-hybridized carbons (Fsp3) is 0.222. The first-order valence-electron chi connectivity index (χ1n) is 8.35. The number of nitrogens with zero attached hydrogens (tertiary/aromatic N) is 1. The van der Waals surface area contributed by atoms with E-state index in [1.807, 2.05) is 0 Å². The monoisotopic (exact) mass is 428 g/mol. The van der Waals surface area contributed by atoms with E-state index >= 15 is 0 Å². The fourth-order valence-electron chi connectivity index (χ4n) is 2.65. The highest BCUT2D eigenvalue weighted by Crippen LogP contribution is 2.33. The van der Waals surface area contributed by atoms with Crippen molar-refractivity contribution >= 4 is 17.2 Å². The number of aliphatic hydroxyl groups excluding tert-OH is 1. The number of hydrogen-bond acceptors (Lipinski definition) is 5. The Balaban J connectivity index is 1.77. The van der Waals surface area contributed by atoms with Gasteiger partial charge in [0.1, 0.15) is 16.5 Å². The molecule has 0 unspecified atom stereocenters. The van der Waals surface area contributed by atoms with Crippen LogP contribution in [0.15, 0.2) is 36.5 Å². The summed E-state index contributed by atoms with van der Waals surface area (Å²) >= 11 is 1.21. The van der Waals surface area contributed by atoms with Gasteiger partial charge < -0.3 is 21.1 Å². The molecule has 6 nitrogen and oxygen atoms in total. The highest BCUT2D eigenvalue weighted by atomic mass is 32.1. The van der Waals surface area contributed by atoms with E-state index in [9.17, 15) is 22.4 Å². The summed E-state index contributed by atoms with van der Waals surface area (Å²) in [4.78, 5) is 19.9. The maximum Gasteiger partial charge on any atom is 0.419 e. The molecule has 154 valence electrons. The summed E-state index contributed by atoms with van der Waals surface area (Å²) < 4.78 is 51.8. The quantitative estimate of drug-likeness (QED) is 0.453. The molecule has 0 saturated heterocycles. The molecule has 0 fully saturated rings. The average Bonchev–Trinajstić information content (AvgIpc) is 3.34. The molecule has 0 radical (unpaired) electrons. The molecule has 1 atom stereocenters. The molecule has 5 N–H and O–H groups in total. The van der Waals surface area contributed by atoms with E-state index in [0.717, 1.165) is 12.1 Å². The number of alkyl halides is 3. The number of carbonyl (C=O) groups excluding carboxylic acids is 1. The third-order valence-electron chi connectivity index (χ3n) is 4.11. The molecule has 2 aromatic heterocycles. The number of carbonyl (C=O) groups is 1. The Kier molecular flexibility index (Phi) is 6.01. The number of thiazole rings is 1. The molecule has 0 aliphatic heterocycles. The number of hydrogen-bond donors (Lipinski definition) is 4. The highest BCUT2D eigenvalue weighted by molar-refractivity contribution is 7.11. The largest absolute Gasteiger partial charge is 0.419 e. The summed E-state index contributed by atoms with van der Waals surface area (Å²) in [7, 11) is 0. The minimum absolute atomic E-state index is 0.0937. The third kappa shape index (κ3) is 4.63. The number of aromatic amines is 1. The second-order valence-electron chi connectivity index (χ2n) is 6.05. The summed E-state index contributed by atoms with van der Waals surface area (Å²) in [6, 6.07) is 4.89. The SMILES string of the molecule is NC[C@H](NC(=O)c1ccc(-c2ccc(C(F)(F)F)c(F)c2)[nH]1)c1cnc(CO)s1. The van der Waals surface area contributed by atoms with Gasteiger partial charge in [0.05, 0.1) is 18.2 Å².